The zero-order chi connectivity index (χ0) is 59.2. The molecule has 0 aromatic heterocycles. The molecule has 10 aromatic rings. The number of rotatable bonds is 12. The Kier molecular flexibility index (Phi) is 17.0. The van der Waals surface area contributed by atoms with E-state index < -0.39 is 10.8 Å². The van der Waals surface area contributed by atoms with Crippen LogP contribution in [-0.2, 0) is 37.1 Å². The molecular formula is C78H75MnN2O4+. The number of benzene rings is 10. The maximum atomic E-state index is 12.6. The smallest absolute Gasteiger partial charge is 0.127 e. The average molecular weight is 1160 g/mol. The van der Waals surface area contributed by atoms with E-state index in [-0.39, 0.29) is 44.1 Å². The van der Waals surface area contributed by atoms with Gasteiger partial charge in [-0.25, -0.2) is 0 Å². The van der Waals surface area contributed by atoms with Crippen molar-refractivity contribution in [3.63, 3.8) is 0 Å². The molecule has 1 heterocycles. The predicted molar refractivity (Wildman–Crippen MR) is 340 cm³/mol. The fourth-order valence-electron chi connectivity index (χ4n) is 12.7. The van der Waals surface area contributed by atoms with Crippen LogP contribution < -0.4 is 9.84 Å². The molecule has 1 saturated carbocycles. The third-order valence-electron chi connectivity index (χ3n) is 16.8. The maximum absolute atomic E-state index is 12.6. The van der Waals surface area contributed by atoms with Gasteiger partial charge in [-0.3, -0.25) is 0 Å². The summed E-state index contributed by atoms with van der Waals surface area (Å²) < 4.78 is 10.5. The van der Waals surface area contributed by atoms with E-state index in [2.05, 4.69) is 267 Å². The first-order valence-corrected chi connectivity index (χ1v) is 30.7. The first-order valence-electron chi connectivity index (χ1n) is 29.7. The molecule has 10 aromatic carbocycles. The van der Waals surface area contributed by atoms with Gasteiger partial charge in [-0.15, -0.1) is 5.75 Å². The summed E-state index contributed by atoms with van der Waals surface area (Å²) in [7, 11) is 0. The minimum atomic E-state index is -0.678. The molecule has 6 nitrogen and oxygen atoms in total. The van der Waals surface area contributed by atoms with Gasteiger partial charge in [0.2, 0.25) is 0 Å². The summed E-state index contributed by atoms with van der Waals surface area (Å²) in [6.07, 6.45) is 8.91. The minimum Gasteiger partial charge on any atom is -0.872 e. The number of phenolic OH excluding ortho intramolecular Hbond substituents is 2. The molecule has 2 N–H and O–H groups in total. The predicted octanol–water partition coefficient (Wildman–Crippen LogP) is 16.8. The largest absolute Gasteiger partial charge is 0.872 e. The maximum Gasteiger partial charge on any atom is 0.127 e. The molecule has 0 bridgehead atoms. The van der Waals surface area contributed by atoms with Gasteiger partial charge >= 0.3 is 431 Å². The summed E-state index contributed by atoms with van der Waals surface area (Å²) in [4.78, 5) is 0. The molecule has 1 saturated heterocycles. The van der Waals surface area contributed by atoms with Gasteiger partial charge in [0.1, 0.15) is 11.5 Å². The Balaban J connectivity index is 0.000000469. The van der Waals surface area contributed by atoms with E-state index >= 15 is 0 Å². The Bertz CT molecular complexity index is 3510. The molecule has 85 heavy (non-hydrogen) atoms. The molecule has 2 fully saturated rings. The van der Waals surface area contributed by atoms with Crippen molar-refractivity contribution in [2.75, 3.05) is 0 Å². The van der Waals surface area contributed by atoms with Crippen molar-refractivity contribution < 1.29 is 42.6 Å². The molecular weight excluding hydrogens is 1080 g/mol. The Labute approximate surface area is 509 Å². The summed E-state index contributed by atoms with van der Waals surface area (Å²) in [5, 5.41) is 36.0. The van der Waals surface area contributed by atoms with E-state index in [0.29, 0.717) is 17.2 Å². The van der Waals surface area contributed by atoms with Crippen molar-refractivity contribution in [2.45, 2.75) is 101 Å². The van der Waals surface area contributed by atoms with Gasteiger partial charge in [0, 0.05) is 0 Å². The molecule has 2 atom stereocenters. The van der Waals surface area contributed by atoms with Crippen LogP contribution >= 0.6 is 0 Å². The standard InChI is InChI=1S/C66H66N2O2.C12H10O2.Mn/c1-63(2,3)57-43-55(65(49-27-13-7-14-28-49,50-29-15-8-16-30-50)51-31-17-9-18-32-51)41-47(61(57)69)45-67-59-39-25-26-40-60(59)68-46-48-42-56(44-58(62(48)70)64(4,5)6)66(52-33-19-10-20-34-52,53-35-21-11-22-36-53)54-37-23-12-24-38-54;13-10-6-8-12(9-7-10)14-11-4-2-1-3-5-11;/h7-24,27-38,41-46,59-60,69-70H,25-26,39-40H2,1-6H3;1-9,13H;/q;;+2/p-1. The van der Waals surface area contributed by atoms with Gasteiger partial charge in [-0.1, -0.05) is 30.3 Å². The molecule has 2 unspecified atom stereocenters. The average Bonchev–Trinajstić information content (AvgIpc) is 1.43. The number of ether oxygens (including phenoxy) is 1. The quantitative estimate of drug-likeness (QED) is 0.0944. The minimum absolute atomic E-state index is 0.00888. The van der Waals surface area contributed by atoms with E-state index in [1.54, 1.807) is 12.1 Å². The van der Waals surface area contributed by atoms with Crippen molar-refractivity contribution in [3.8, 4) is 28.7 Å². The van der Waals surface area contributed by atoms with E-state index in [0.717, 1.165) is 98.2 Å². The third kappa shape index (κ3) is 11.9. The van der Waals surface area contributed by atoms with Gasteiger partial charge in [0.25, 0.3) is 0 Å². The normalized spacial score (nSPS) is 16.3. The summed E-state index contributed by atoms with van der Waals surface area (Å²) >= 11 is 0.208. The van der Waals surface area contributed by atoms with E-state index in [4.69, 9.17) is 4.74 Å². The van der Waals surface area contributed by atoms with Crippen molar-refractivity contribution in [2.24, 2.45) is 0 Å². The van der Waals surface area contributed by atoms with Gasteiger partial charge < -0.3 is 9.84 Å². The van der Waals surface area contributed by atoms with Crippen LogP contribution in [0.1, 0.15) is 134 Å². The monoisotopic (exact) mass is 1160 g/mol. The van der Waals surface area contributed by atoms with E-state index in [1.165, 1.54) is 12.1 Å². The molecule has 1 aliphatic carbocycles. The van der Waals surface area contributed by atoms with Gasteiger partial charge in [-0.05, 0) is 24.3 Å². The number of fused-ring (bicyclic) bond motifs is 1. The SMILES string of the molecule is CC(C)(C)c1cc(C(c2ccccc2)(c2ccccc2)c2ccccc2)cc(C=[N+]2[Mn][N+](=Cc3cc(C(c4ccccc4)(c4ccccc4)c4ccccc4)cc(C(C)(C)C)c3O)C3CCCCC32)c1O.[O-]c1ccc(Oc2ccccc2)cc1. The fraction of sp³-hybridized carbons (Fsp3) is 0.205. The van der Waals surface area contributed by atoms with Crippen molar-refractivity contribution in [1.29, 1.82) is 0 Å². The molecule has 7 heteroatoms. The molecule has 2 aliphatic rings. The Morgan fingerprint density at radius 3 is 0.965 bits per heavy atom. The van der Waals surface area contributed by atoms with Crippen LogP contribution in [0.4, 0.5) is 0 Å². The number of aromatic hydroxyl groups is 2. The zero-order valence-corrected chi connectivity index (χ0v) is 50.6. The van der Waals surface area contributed by atoms with Gasteiger partial charge in [-0.2, -0.15) is 0 Å². The van der Waals surface area contributed by atoms with Crippen molar-refractivity contribution in [3.05, 3.63) is 328 Å². The van der Waals surface area contributed by atoms with Crippen LogP contribution in [-0.4, -0.2) is 41.9 Å². The molecule has 0 amide bonds. The van der Waals surface area contributed by atoms with Crippen LogP contribution in [0, 0.1) is 0 Å². The Morgan fingerprint density at radius 1 is 0.388 bits per heavy atom. The Morgan fingerprint density at radius 2 is 0.671 bits per heavy atom. The Hall–Kier alpha value is -8.74. The van der Waals surface area contributed by atoms with Crippen molar-refractivity contribution in [1.82, 2.24) is 0 Å². The first-order chi connectivity index (χ1) is 41.1. The van der Waals surface area contributed by atoms with Crippen LogP contribution in [0.25, 0.3) is 0 Å². The summed E-state index contributed by atoms with van der Waals surface area (Å²) in [6.45, 7) is 13.2. The number of para-hydroxylation sites is 1. The molecule has 0 radical (unpaired) electrons. The molecule has 1 aliphatic heterocycles. The van der Waals surface area contributed by atoms with Crippen LogP contribution in [0.15, 0.2) is 261 Å². The summed E-state index contributed by atoms with van der Waals surface area (Å²) in [5.41, 5.74) is 10.6. The van der Waals surface area contributed by atoms with Crippen LogP contribution in [0.3, 0.4) is 0 Å². The number of hydrogen-bond acceptors (Lipinski definition) is 4. The molecule has 427 valence electrons. The second-order valence-corrected chi connectivity index (χ2v) is 25.9. The van der Waals surface area contributed by atoms with Crippen molar-refractivity contribution >= 4 is 12.4 Å². The number of nitrogens with zero attached hydrogens (tertiary/aromatic N) is 2. The number of hydrogen-bond donors (Lipinski definition) is 2. The number of phenols is 2. The summed E-state index contributed by atoms with van der Waals surface area (Å²) in [5.74, 6) is 2.08. The van der Waals surface area contributed by atoms with E-state index in [1.807, 2.05) is 30.3 Å². The fourth-order valence-corrected chi connectivity index (χ4v) is 14.6. The van der Waals surface area contributed by atoms with Crippen LogP contribution in [0.2, 0.25) is 0 Å². The first kappa shape index (κ1) is 58.1. The topological polar surface area (TPSA) is 78.8 Å². The van der Waals surface area contributed by atoms with E-state index in [9.17, 15) is 15.3 Å². The molecule has 12 rings (SSSR count). The summed E-state index contributed by atoms with van der Waals surface area (Å²) in [6, 6.07) is 90.3. The zero-order valence-electron chi connectivity index (χ0n) is 49.4. The molecule has 0 spiro atoms. The second kappa shape index (κ2) is 24.8. The van der Waals surface area contributed by atoms with Gasteiger partial charge in [0.05, 0.1) is 0 Å². The van der Waals surface area contributed by atoms with Gasteiger partial charge in [0.15, 0.2) is 0 Å². The second-order valence-electron chi connectivity index (χ2n) is 24.4. The van der Waals surface area contributed by atoms with Crippen LogP contribution in [0.5, 0.6) is 28.7 Å². The third-order valence-corrected chi connectivity index (χ3v) is 18.5.